The van der Waals surface area contributed by atoms with Crippen LogP contribution >= 0.6 is 0 Å². The monoisotopic (exact) mass is 369 g/mol. The van der Waals surface area contributed by atoms with Crippen molar-refractivity contribution >= 4 is 23.0 Å². The zero-order valence-electron chi connectivity index (χ0n) is 15.7. The molecule has 7 heteroatoms. The first-order valence-electron chi connectivity index (χ1n) is 9.70. The van der Waals surface area contributed by atoms with Gasteiger partial charge in [0.15, 0.2) is 0 Å². The van der Waals surface area contributed by atoms with Gasteiger partial charge >= 0.3 is 12.1 Å². The van der Waals surface area contributed by atoms with Crippen LogP contribution in [0.4, 0.5) is 9.59 Å². The number of amides is 4. The molecular formula is C20H27N5O2. The number of hydrogen-bond acceptors (Lipinski definition) is 2. The Labute approximate surface area is 158 Å². The number of benzene rings is 1. The molecule has 1 aliphatic heterocycles. The highest BCUT2D eigenvalue weighted by molar-refractivity contribution is 5.81. The molecule has 0 unspecified atom stereocenters. The van der Waals surface area contributed by atoms with Crippen LogP contribution < -0.4 is 11.1 Å². The first-order valence-corrected chi connectivity index (χ1v) is 9.70. The fourth-order valence-corrected chi connectivity index (χ4v) is 4.03. The molecule has 4 amide bonds. The number of fused-ring (bicyclic) bond motifs is 1. The SMILES string of the molecule is Cc1ccc2[nH]c(CNC(=O)N(C3CC3)[C@@H]3CCCN(C(N)=O)C3)cc2c1. The van der Waals surface area contributed by atoms with Crippen LogP contribution in [0.5, 0.6) is 0 Å². The number of aryl methyl sites for hydroxylation is 1. The van der Waals surface area contributed by atoms with Gasteiger partial charge in [0, 0.05) is 30.3 Å². The van der Waals surface area contributed by atoms with Crippen molar-refractivity contribution in [2.24, 2.45) is 5.73 Å². The molecule has 1 saturated carbocycles. The van der Waals surface area contributed by atoms with Crippen LogP contribution in [-0.4, -0.2) is 52.0 Å². The van der Waals surface area contributed by atoms with Crippen LogP contribution in [0.15, 0.2) is 24.3 Å². The lowest BCUT2D eigenvalue weighted by Crippen LogP contribution is -2.55. The van der Waals surface area contributed by atoms with Crippen molar-refractivity contribution < 1.29 is 9.59 Å². The molecule has 7 nitrogen and oxygen atoms in total. The van der Waals surface area contributed by atoms with E-state index in [1.165, 1.54) is 5.56 Å². The maximum Gasteiger partial charge on any atom is 0.318 e. The summed E-state index contributed by atoms with van der Waals surface area (Å²) in [5.41, 5.74) is 8.72. The van der Waals surface area contributed by atoms with E-state index in [9.17, 15) is 9.59 Å². The maximum absolute atomic E-state index is 12.9. The van der Waals surface area contributed by atoms with Crippen molar-refractivity contribution in [3.05, 3.63) is 35.5 Å². The normalized spacial score (nSPS) is 19.9. The number of H-pyrrole nitrogens is 1. The highest BCUT2D eigenvalue weighted by atomic mass is 16.2. The molecule has 0 radical (unpaired) electrons. The number of primary amides is 1. The van der Waals surface area contributed by atoms with Gasteiger partial charge in [-0.3, -0.25) is 0 Å². The number of piperidine rings is 1. The summed E-state index contributed by atoms with van der Waals surface area (Å²) in [6, 6.07) is 8.23. The molecule has 2 fully saturated rings. The summed E-state index contributed by atoms with van der Waals surface area (Å²) in [7, 11) is 0. The van der Waals surface area contributed by atoms with Crippen molar-refractivity contribution in [3.63, 3.8) is 0 Å². The summed E-state index contributed by atoms with van der Waals surface area (Å²) in [5, 5.41) is 4.21. The highest BCUT2D eigenvalue weighted by Gasteiger charge is 2.39. The van der Waals surface area contributed by atoms with E-state index < -0.39 is 6.03 Å². The number of nitrogens with one attached hydrogen (secondary N) is 2. The Morgan fingerprint density at radius 1 is 1.26 bits per heavy atom. The average Bonchev–Trinajstić information content (AvgIpc) is 3.39. The Hall–Kier alpha value is -2.70. The van der Waals surface area contributed by atoms with Crippen molar-refractivity contribution in [2.45, 2.75) is 51.2 Å². The number of urea groups is 2. The molecule has 1 aromatic carbocycles. The predicted octanol–water partition coefficient (Wildman–Crippen LogP) is 2.69. The standard InChI is InChI=1S/C20H27N5O2/c1-13-4-7-18-14(9-13)10-15(23-18)11-22-20(27)25(16-5-6-16)17-3-2-8-24(12-17)19(21)26/h4,7,9-10,16-17,23H,2-3,5-6,8,11-12H2,1H3,(H2,21,26)(H,22,27)/t17-/m1/s1. The van der Waals surface area contributed by atoms with E-state index in [0.717, 1.165) is 42.3 Å². The Morgan fingerprint density at radius 2 is 2.07 bits per heavy atom. The number of likely N-dealkylation sites (tertiary alicyclic amines) is 1. The average molecular weight is 369 g/mol. The molecule has 1 atom stereocenters. The van der Waals surface area contributed by atoms with Crippen molar-refractivity contribution in [2.75, 3.05) is 13.1 Å². The minimum atomic E-state index is -0.399. The second kappa shape index (κ2) is 7.13. The molecule has 144 valence electrons. The Bertz CT molecular complexity index is 857. The first-order chi connectivity index (χ1) is 13.0. The van der Waals surface area contributed by atoms with Crippen molar-refractivity contribution in [1.82, 2.24) is 20.1 Å². The summed E-state index contributed by atoms with van der Waals surface area (Å²) in [6.07, 6.45) is 3.86. The van der Waals surface area contributed by atoms with Crippen LogP contribution in [0, 0.1) is 6.92 Å². The number of hydrogen-bond donors (Lipinski definition) is 3. The molecule has 0 spiro atoms. The molecule has 1 aromatic heterocycles. The van der Waals surface area contributed by atoms with E-state index in [2.05, 4.69) is 41.5 Å². The highest BCUT2D eigenvalue weighted by Crippen LogP contribution is 2.31. The molecule has 2 aromatic rings. The zero-order valence-corrected chi connectivity index (χ0v) is 15.7. The molecule has 1 saturated heterocycles. The van der Waals surface area contributed by atoms with E-state index in [1.807, 2.05) is 4.90 Å². The Morgan fingerprint density at radius 3 is 2.81 bits per heavy atom. The molecule has 1 aliphatic carbocycles. The molecular weight excluding hydrogens is 342 g/mol. The number of carbonyl (C=O) groups excluding carboxylic acids is 2. The summed E-state index contributed by atoms with van der Waals surface area (Å²) in [4.78, 5) is 31.4. The van der Waals surface area contributed by atoms with Gasteiger partial charge in [-0.05, 0) is 56.2 Å². The molecule has 0 bridgehead atoms. The number of rotatable bonds is 4. The van der Waals surface area contributed by atoms with Gasteiger partial charge in [-0.25, -0.2) is 9.59 Å². The summed E-state index contributed by atoms with van der Waals surface area (Å²) >= 11 is 0. The number of aromatic nitrogens is 1. The van der Waals surface area contributed by atoms with Crippen LogP contribution in [0.25, 0.3) is 10.9 Å². The third kappa shape index (κ3) is 3.86. The molecule has 2 aliphatic rings. The largest absolute Gasteiger partial charge is 0.357 e. The van der Waals surface area contributed by atoms with Gasteiger partial charge in [0.05, 0.1) is 12.6 Å². The summed E-state index contributed by atoms with van der Waals surface area (Å²) < 4.78 is 0. The van der Waals surface area contributed by atoms with Gasteiger partial charge in [-0.2, -0.15) is 0 Å². The lowest BCUT2D eigenvalue weighted by Gasteiger charge is -2.39. The second-order valence-electron chi connectivity index (χ2n) is 7.76. The molecule has 4 rings (SSSR count). The molecule has 27 heavy (non-hydrogen) atoms. The van der Waals surface area contributed by atoms with Gasteiger partial charge in [-0.1, -0.05) is 11.6 Å². The second-order valence-corrected chi connectivity index (χ2v) is 7.76. The predicted molar refractivity (Wildman–Crippen MR) is 104 cm³/mol. The van der Waals surface area contributed by atoms with Crippen LogP contribution in [0.1, 0.15) is 36.9 Å². The minimum Gasteiger partial charge on any atom is -0.357 e. The lowest BCUT2D eigenvalue weighted by atomic mass is 10.0. The fourth-order valence-electron chi connectivity index (χ4n) is 4.03. The van der Waals surface area contributed by atoms with Gasteiger partial charge in [0.25, 0.3) is 0 Å². The van der Waals surface area contributed by atoms with E-state index in [4.69, 9.17) is 5.73 Å². The van der Waals surface area contributed by atoms with Gasteiger partial charge in [-0.15, -0.1) is 0 Å². The van der Waals surface area contributed by atoms with Crippen molar-refractivity contribution in [3.8, 4) is 0 Å². The maximum atomic E-state index is 12.9. The van der Waals surface area contributed by atoms with Gasteiger partial charge in [0.2, 0.25) is 0 Å². The summed E-state index contributed by atoms with van der Waals surface area (Å²) in [5.74, 6) is 0. The number of aromatic amines is 1. The first kappa shape index (κ1) is 17.7. The van der Waals surface area contributed by atoms with Crippen molar-refractivity contribution in [1.29, 1.82) is 0 Å². The fraction of sp³-hybridized carbons (Fsp3) is 0.500. The smallest absolute Gasteiger partial charge is 0.318 e. The van der Waals surface area contributed by atoms with Gasteiger partial charge in [0.1, 0.15) is 0 Å². The third-order valence-electron chi connectivity index (χ3n) is 5.54. The van der Waals surface area contributed by atoms with E-state index >= 15 is 0 Å². The summed E-state index contributed by atoms with van der Waals surface area (Å²) in [6.45, 7) is 3.74. The van der Waals surface area contributed by atoms with E-state index in [0.29, 0.717) is 19.6 Å². The topological polar surface area (TPSA) is 94.5 Å². The Balaban J connectivity index is 1.42. The molecule has 2 heterocycles. The Kier molecular flexibility index (Phi) is 4.68. The quantitative estimate of drug-likeness (QED) is 0.773. The number of carbonyl (C=O) groups is 2. The zero-order chi connectivity index (χ0) is 19.0. The lowest BCUT2D eigenvalue weighted by molar-refractivity contribution is 0.118. The van der Waals surface area contributed by atoms with Gasteiger partial charge < -0.3 is 25.8 Å². The third-order valence-corrected chi connectivity index (χ3v) is 5.54. The minimum absolute atomic E-state index is 0.0455. The van der Waals surface area contributed by atoms with Crippen LogP contribution in [-0.2, 0) is 6.54 Å². The van der Waals surface area contributed by atoms with E-state index in [-0.39, 0.29) is 18.1 Å². The van der Waals surface area contributed by atoms with E-state index in [1.54, 1.807) is 4.90 Å². The number of nitrogens with two attached hydrogens (primary N) is 1. The number of nitrogens with zero attached hydrogens (tertiary/aromatic N) is 2. The molecule has 4 N–H and O–H groups in total. The van der Waals surface area contributed by atoms with Crippen LogP contribution in [0.2, 0.25) is 0 Å². The van der Waals surface area contributed by atoms with Crippen LogP contribution in [0.3, 0.4) is 0 Å².